The lowest BCUT2D eigenvalue weighted by molar-refractivity contribution is -0.142. The molecule has 4 atom stereocenters. The molecule has 0 aromatic heterocycles. The summed E-state index contributed by atoms with van der Waals surface area (Å²) in [6.45, 7) is 0.236. The number of benzene rings is 1. The second-order valence-electron chi connectivity index (χ2n) is 5.88. The van der Waals surface area contributed by atoms with Crippen LogP contribution in [0.4, 0.5) is 4.39 Å². The zero-order valence-corrected chi connectivity index (χ0v) is 13.5. The number of Topliss-reactive ketones (excluding diaryl/α,β-unsaturated/α-hetero) is 1. The number of carbonyl (C=O) groups is 2. The van der Waals surface area contributed by atoms with Crippen LogP contribution in [-0.4, -0.2) is 42.9 Å². The number of rotatable bonds is 1. The lowest BCUT2D eigenvalue weighted by atomic mass is 9.68. The van der Waals surface area contributed by atoms with E-state index in [1.807, 2.05) is 0 Å². The average Bonchev–Trinajstić information content (AvgIpc) is 2.90. The fourth-order valence-electron chi connectivity index (χ4n) is 3.62. The van der Waals surface area contributed by atoms with E-state index in [-0.39, 0.29) is 36.8 Å². The van der Waals surface area contributed by atoms with Crippen molar-refractivity contribution < 1.29 is 18.7 Å². The summed E-state index contributed by atoms with van der Waals surface area (Å²) in [5.74, 6) is -2.26. The molecular weight excluding hydrogens is 367 g/mol. The first-order valence-corrected chi connectivity index (χ1v) is 8.06. The Kier molecular flexibility index (Phi) is 3.41. The molecule has 3 heterocycles. The fourth-order valence-corrected chi connectivity index (χ4v) is 4.01. The summed E-state index contributed by atoms with van der Waals surface area (Å²) in [7, 11) is 0. The molecule has 0 spiro atoms. The molecule has 5 nitrogen and oxygen atoms in total. The Labute approximate surface area is 139 Å². The van der Waals surface area contributed by atoms with Gasteiger partial charge >= 0.3 is 5.97 Å². The zero-order chi connectivity index (χ0) is 16.1. The third kappa shape index (κ3) is 2.25. The van der Waals surface area contributed by atoms with Crippen LogP contribution in [0.15, 0.2) is 32.7 Å². The van der Waals surface area contributed by atoms with Crippen molar-refractivity contribution >= 4 is 39.6 Å². The number of ketones is 1. The third-order valence-electron chi connectivity index (χ3n) is 4.61. The Hall–Kier alpha value is -1.89. The first kappa shape index (κ1) is 14.7. The highest BCUT2D eigenvalue weighted by Gasteiger charge is 2.52. The molecule has 1 aromatic rings. The van der Waals surface area contributed by atoms with Crippen molar-refractivity contribution in [2.24, 2.45) is 21.8 Å². The van der Waals surface area contributed by atoms with E-state index in [1.54, 1.807) is 18.3 Å². The molecule has 1 fully saturated rings. The normalized spacial score (nSPS) is 32.2. The summed E-state index contributed by atoms with van der Waals surface area (Å²) < 4.78 is 19.0. The molecule has 7 heteroatoms. The molecule has 4 rings (SSSR count). The van der Waals surface area contributed by atoms with Crippen molar-refractivity contribution in [1.29, 1.82) is 0 Å². The van der Waals surface area contributed by atoms with Gasteiger partial charge in [-0.15, -0.1) is 0 Å². The van der Waals surface area contributed by atoms with E-state index in [2.05, 4.69) is 25.9 Å². The van der Waals surface area contributed by atoms with Crippen molar-refractivity contribution in [3.05, 3.63) is 34.1 Å². The van der Waals surface area contributed by atoms with Crippen molar-refractivity contribution in [2.75, 3.05) is 13.2 Å². The molecular formula is C16H12BrFN2O3. The Bertz CT molecular complexity index is 777. The molecule has 3 aliphatic rings. The number of carbonyl (C=O) groups excluding carboxylic acids is 2. The summed E-state index contributed by atoms with van der Waals surface area (Å²) in [5, 5.41) is 0. The largest absolute Gasteiger partial charge is 0.459 e. The predicted octanol–water partition coefficient (Wildman–Crippen LogP) is 1.94. The number of nitrogens with zero attached hydrogens (tertiary/aromatic N) is 2. The van der Waals surface area contributed by atoms with Gasteiger partial charge in [0.25, 0.3) is 0 Å². The quantitative estimate of drug-likeness (QED) is 0.701. The SMILES string of the molecule is O=C1OCC2=NC3C=NCC(=O)C3C(c3ccc(F)c(Br)c3)C12. The Morgan fingerprint density at radius 3 is 2.87 bits per heavy atom. The van der Waals surface area contributed by atoms with Crippen LogP contribution in [0, 0.1) is 17.7 Å². The van der Waals surface area contributed by atoms with Gasteiger partial charge in [0.15, 0.2) is 5.78 Å². The summed E-state index contributed by atoms with van der Waals surface area (Å²) in [4.78, 5) is 33.2. The summed E-state index contributed by atoms with van der Waals surface area (Å²) in [6.07, 6.45) is 1.67. The number of aliphatic imine (C=N–C) groups is 2. The minimum atomic E-state index is -0.580. The van der Waals surface area contributed by atoms with Gasteiger partial charge in [0.1, 0.15) is 18.3 Å². The maximum absolute atomic E-state index is 13.6. The number of ether oxygens (including phenoxy) is 1. The second kappa shape index (κ2) is 5.33. The van der Waals surface area contributed by atoms with E-state index in [0.717, 1.165) is 5.56 Å². The number of esters is 1. The number of fused-ring (bicyclic) bond motifs is 2. The Morgan fingerprint density at radius 1 is 1.26 bits per heavy atom. The highest BCUT2D eigenvalue weighted by Crippen LogP contribution is 2.44. The maximum Gasteiger partial charge on any atom is 0.315 e. The lowest BCUT2D eigenvalue weighted by Crippen LogP contribution is -2.47. The topological polar surface area (TPSA) is 68.1 Å². The van der Waals surface area contributed by atoms with E-state index in [1.165, 1.54) is 6.07 Å². The van der Waals surface area contributed by atoms with Crippen LogP contribution in [0.1, 0.15) is 11.5 Å². The number of cyclic esters (lactones) is 1. The zero-order valence-electron chi connectivity index (χ0n) is 11.9. The first-order valence-electron chi connectivity index (χ1n) is 7.27. The Morgan fingerprint density at radius 2 is 2.09 bits per heavy atom. The molecule has 23 heavy (non-hydrogen) atoms. The van der Waals surface area contributed by atoms with Crippen LogP contribution in [0.5, 0.6) is 0 Å². The van der Waals surface area contributed by atoms with E-state index < -0.39 is 17.8 Å². The van der Waals surface area contributed by atoms with Crippen LogP contribution in [0.2, 0.25) is 0 Å². The van der Waals surface area contributed by atoms with Gasteiger partial charge in [0, 0.05) is 12.1 Å². The summed E-state index contributed by atoms with van der Waals surface area (Å²) in [5.41, 5.74) is 1.37. The van der Waals surface area contributed by atoms with Crippen LogP contribution >= 0.6 is 15.9 Å². The van der Waals surface area contributed by atoms with Crippen LogP contribution in [0.25, 0.3) is 0 Å². The summed E-state index contributed by atoms with van der Waals surface area (Å²) >= 11 is 3.17. The molecule has 0 N–H and O–H groups in total. The lowest BCUT2D eigenvalue weighted by Gasteiger charge is -2.37. The van der Waals surface area contributed by atoms with Crippen molar-refractivity contribution in [2.45, 2.75) is 12.0 Å². The molecule has 0 saturated carbocycles. The van der Waals surface area contributed by atoms with Crippen molar-refractivity contribution in [3.63, 3.8) is 0 Å². The van der Waals surface area contributed by atoms with Gasteiger partial charge in [-0.1, -0.05) is 6.07 Å². The highest BCUT2D eigenvalue weighted by molar-refractivity contribution is 9.10. The van der Waals surface area contributed by atoms with E-state index in [4.69, 9.17) is 4.74 Å². The van der Waals surface area contributed by atoms with Crippen molar-refractivity contribution in [1.82, 2.24) is 0 Å². The fraction of sp³-hybridized carbons (Fsp3) is 0.375. The van der Waals surface area contributed by atoms with Gasteiger partial charge in [-0.05, 0) is 33.6 Å². The third-order valence-corrected chi connectivity index (χ3v) is 5.22. The molecule has 0 radical (unpaired) electrons. The molecule has 4 unspecified atom stereocenters. The minimum absolute atomic E-state index is 0.0505. The minimum Gasteiger partial charge on any atom is -0.459 e. The molecule has 0 aliphatic carbocycles. The van der Waals surface area contributed by atoms with Gasteiger partial charge in [0.05, 0.1) is 28.7 Å². The second-order valence-corrected chi connectivity index (χ2v) is 6.73. The Balaban J connectivity index is 1.87. The standard InChI is InChI=1S/C16H12BrFN2O3/c17-8-3-7(1-2-9(8)18)13-14-10(4-19-5-12(14)21)20-11-6-23-16(22)15(11)13/h1-4,10,13-15H,5-6H2. The van der Waals surface area contributed by atoms with Crippen molar-refractivity contribution in [3.8, 4) is 0 Å². The van der Waals surface area contributed by atoms with E-state index >= 15 is 0 Å². The predicted molar refractivity (Wildman–Crippen MR) is 84.4 cm³/mol. The molecule has 3 aliphatic heterocycles. The van der Waals surface area contributed by atoms with E-state index in [0.29, 0.717) is 10.2 Å². The number of hydrogen-bond donors (Lipinski definition) is 0. The van der Waals surface area contributed by atoms with Crippen LogP contribution < -0.4 is 0 Å². The monoisotopic (exact) mass is 378 g/mol. The molecule has 118 valence electrons. The molecule has 1 saturated heterocycles. The highest BCUT2D eigenvalue weighted by atomic mass is 79.9. The first-order chi connectivity index (χ1) is 11.1. The van der Waals surface area contributed by atoms with Gasteiger partial charge in [-0.25, -0.2) is 4.39 Å². The average molecular weight is 379 g/mol. The molecule has 0 amide bonds. The summed E-state index contributed by atoms with van der Waals surface area (Å²) in [6, 6.07) is 4.20. The molecule has 0 bridgehead atoms. The number of halogens is 2. The van der Waals surface area contributed by atoms with Gasteiger partial charge in [-0.3, -0.25) is 19.6 Å². The van der Waals surface area contributed by atoms with Crippen LogP contribution in [-0.2, 0) is 14.3 Å². The smallest absolute Gasteiger partial charge is 0.315 e. The van der Waals surface area contributed by atoms with Gasteiger partial charge in [0.2, 0.25) is 0 Å². The van der Waals surface area contributed by atoms with Gasteiger partial charge < -0.3 is 4.74 Å². The maximum atomic E-state index is 13.6. The van der Waals surface area contributed by atoms with Crippen LogP contribution in [0.3, 0.4) is 0 Å². The molecule has 1 aromatic carbocycles. The van der Waals surface area contributed by atoms with E-state index in [9.17, 15) is 14.0 Å². The number of hydrogen-bond acceptors (Lipinski definition) is 5. The van der Waals surface area contributed by atoms with Gasteiger partial charge in [-0.2, -0.15) is 0 Å².